The Morgan fingerprint density at radius 3 is 2.53 bits per heavy atom. The molecule has 0 aliphatic carbocycles. The number of thioether (sulfide) groups is 1. The number of carboxylic acid groups (broad SMARTS) is 1. The van der Waals surface area contributed by atoms with Crippen LogP contribution in [0.1, 0.15) is 26.5 Å². The van der Waals surface area contributed by atoms with Gasteiger partial charge in [-0.2, -0.15) is 5.01 Å². The number of carboxylic acids is 1. The van der Waals surface area contributed by atoms with E-state index in [-0.39, 0.29) is 14.8 Å². The van der Waals surface area contributed by atoms with Crippen LogP contribution in [0.5, 0.6) is 0 Å². The van der Waals surface area contributed by atoms with Crippen LogP contribution in [0.15, 0.2) is 70.0 Å². The van der Waals surface area contributed by atoms with E-state index in [0.717, 1.165) is 16.8 Å². The van der Waals surface area contributed by atoms with Crippen molar-refractivity contribution in [1.29, 1.82) is 0 Å². The van der Waals surface area contributed by atoms with Gasteiger partial charge in [0.05, 0.1) is 10.5 Å². The minimum absolute atomic E-state index is 0.102. The molecule has 32 heavy (non-hydrogen) atoms. The van der Waals surface area contributed by atoms with Crippen LogP contribution >= 0.6 is 35.6 Å². The topological polar surface area (TPSA) is 99.9 Å². The van der Waals surface area contributed by atoms with Crippen LogP contribution in [0.2, 0.25) is 5.02 Å². The number of thiocarbonyl (C=S) groups is 1. The molecule has 0 atom stereocenters. The molecule has 7 nitrogen and oxygen atoms in total. The first-order chi connectivity index (χ1) is 15.3. The highest BCUT2D eigenvalue weighted by Crippen LogP contribution is 2.33. The van der Waals surface area contributed by atoms with Gasteiger partial charge in [-0.1, -0.05) is 41.6 Å². The predicted molar refractivity (Wildman–Crippen MR) is 125 cm³/mol. The maximum Gasteiger partial charge on any atom is 0.336 e. The molecule has 1 aliphatic heterocycles. The number of hydrazine groups is 1. The zero-order valence-corrected chi connectivity index (χ0v) is 18.5. The number of hydrogen-bond donors (Lipinski definition) is 2. The Morgan fingerprint density at radius 1 is 1.09 bits per heavy atom. The lowest BCUT2D eigenvalue weighted by Gasteiger charge is -2.15. The lowest BCUT2D eigenvalue weighted by molar-refractivity contribution is -0.123. The van der Waals surface area contributed by atoms with Gasteiger partial charge in [0.2, 0.25) is 0 Å². The highest BCUT2D eigenvalue weighted by atomic mass is 35.5. The summed E-state index contributed by atoms with van der Waals surface area (Å²) in [7, 11) is 0. The summed E-state index contributed by atoms with van der Waals surface area (Å²) in [6.45, 7) is 0. The average molecular weight is 485 g/mol. The van der Waals surface area contributed by atoms with Crippen molar-refractivity contribution in [2.45, 2.75) is 0 Å². The van der Waals surface area contributed by atoms with E-state index in [2.05, 4.69) is 5.43 Å². The van der Waals surface area contributed by atoms with Gasteiger partial charge < -0.3 is 9.52 Å². The smallest absolute Gasteiger partial charge is 0.336 e. The summed E-state index contributed by atoms with van der Waals surface area (Å²) in [6.07, 6.45) is 1.49. The van der Waals surface area contributed by atoms with Crippen LogP contribution in [0.4, 0.5) is 0 Å². The minimum Gasteiger partial charge on any atom is -0.478 e. The molecule has 1 saturated heterocycles. The first-order valence-electron chi connectivity index (χ1n) is 9.10. The number of carbonyl (C=O) groups is 3. The van der Waals surface area contributed by atoms with E-state index in [1.54, 1.807) is 42.5 Å². The van der Waals surface area contributed by atoms with Gasteiger partial charge in [0.25, 0.3) is 11.8 Å². The van der Waals surface area contributed by atoms with Crippen molar-refractivity contribution >= 4 is 63.8 Å². The molecule has 4 rings (SSSR count). The summed E-state index contributed by atoms with van der Waals surface area (Å²) in [6, 6.07) is 15.9. The second-order valence-corrected chi connectivity index (χ2v) is 8.63. The summed E-state index contributed by atoms with van der Waals surface area (Å²) in [5, 5.41) is 10.8. The van der Waals surface area contributed by atoms with Crippen LogP contribution < -0.4 is 5.43 Å². The molecular weight excluding hydrogens is 472 g/mol. The number of carbonyl (C=O) groups excluding carboxylic acids is 2. The number of rotatable bonds is 5. The summed E-state index contributed by atoms with van der Waals surface area (Å²) in [5.41, 5.74) is 3.32. The first kappa shape index (κ1) is 21.8. The van der Waals surface area contributed by atoms with E-state index in [9.17, 15) is 19.5 Å². The lowest BCUT2D eigenvalue weighted by atomic mass is 10.1. The number of furan rings is 1. The first-order valence-corrected chi connectivity index (χ1v) is 10.7. The molecule has 3 aromatic rings. The summed E-state index contributed by atoms with van der Waals surface area (Å²) in [5.74, 6) is -1.41. The molecular formula is C22H13ClN2O5S2. The molecule has 2 heterocycles. The number of benzene rings is 2. The normalized spacial score (nSPS) is 14.8. The van der Waals surface area contributed by atoms with E-state index >= 15 is 0 Å². The lowest BCUT2D eigenvalue weighted by Crippen LogP contribution is -2.44. The Bertz CT molecular complexity index is 1280. The summed E-state index contributed by atoms with van der Waals surface area (Å²) >= 11 is 12.1. The molecule has 2 N–H and O–H groups in total. The van der Waals surface area contributed by atoms with E-state index < -0.39 is 17.8 Å². The Balaban J connectivity index is 1.53. The molecule has 0 bridgehead atoms. The Labute approximate surface area is 196 Å². The van der Waals surface area contributed by atoms with Crippen molar-refractivity contribution in [2.24, 2.45) is 0 Å². The Hall–Kier alpha value is -3.40. The van der Waals surface area contributed by atoms with Crippen LogP contribution in [0.25, 0.3) is 17.4 Å². The monoisotopic (exact) mass is 484 g/mol. The van der Waals surface area contributed by atoms with Gasteiger partial charge in [0, 0.05) is 22.2 Å². The van der Waals surface area contributed by atoms with Crippen molar-refractivity contribution in [3.63, 3.8) is 0 Å². The van der Waals surface area contributed by atoms with E-state index in [0.29, 0.717) is 27.7 Å². The highest BCUT2D eigenvalue weighted by Gasteiger charge is 2.34. The largest absolute Gasteiger partial charge is 0.478 e. The van der Waals surface area contributed by atoms with Crippen LogP contribution in [-0.4, -0.2) is 32.2 Å². The van der Waals surface area contributed by atoms with Crippen LogP contribution in [0.3, 0.4) is 0 Å². The second-order valence-electron chi connectivity index (χ2n) is 6.52. The average Bonchev–Trinajstić information content (AvgIpc) is 3.34. The molecule has 1 aliphatic rings. The zero-order chi connectivity index (χ0) is 22.8. The minimum atomic E-state index is -1.07. The van der Waals surface area contributed by atoms with Gasteiger partial charge in [-0.3, -0.25) is 15.0 Å². The third kappa shape index (κ3) is 4.45. The molecule has 160 valence electrons. The molecule has 0 saturated carbocycles. The molecule has 1 fully saturated rings. The third-order valence-electron chi connectivity index (χ3n) is 4.44. The zero-order valence-electron chi connectivity index (χ0n) is 16.1. The maximum atomic E-state index is 12.8. The second kappa shape index (κ2) is 8.99. The Morgan fingerprint density at radius 2 is 1.81 bits per heavy atom. The maximum absolute atomic E-state index is 12.8. The molecule has 0 unspecified atom stereocenters. The fourth-order valence-corrected chi connectivity index (χ4v) is 4.21. The summed E-state index contributed by atoms with van der Waals surface area (Å²) in [4.78, 5) is 36.9. The molecule has 0 radical (unpaired) electrons. The van der Waals surface area contributed by atoms with E-state index in [4.69, 9.17) is 28.2 Å². The molecule has 2 amide bonds. The van der Waals surface area contributed by atoms with Gasteiger partial charge in [-0.15, -0.1) is 0 Å². The van der Waals surface area contributed by atoms with Crippen LogP contribution in [0, 0.1) is 0 Å². The molecule has 10 heteroatoms. The number of halogens is 1. The molecule has 2 aromatic carbocycles. The number of amides is 2. The van der Waals surface area contributed by atoms with Crippen molar-refractivity contribution in [1.82, 2.24) is 10.4 Å². The van der Waals surface area contributed by atoms with E-state index in [1.807, 2.05) is 0 Å². The fourth-order valence-electron chi connectivity index (χ4n) is 2.92. The molecule has 0 spiro atoms. The van der Waals surface area contributed by atoms with Gasteiger partial charge in [-0.05, 0) is 54.7 Å². The van der Waals surface area contributed by atoms with Crippen molar-refractivity contribution < 1.29 is 23.9 Å². The van der Waals surface area contributed by atoms with Crippen LogP contribution in [-0.2, 0) is 4.79 Å². The highest BCUT2D eigenvalue weighted by molar-refractivity contribution is 8.26. The Kier molecular flexibility index (Phi) is 6.13. The molecule has 1 aromatic heterocycles. The number of hydrogen-bond acceptors (Lipinski definition) is 6. The SMILES string of the molecule is O=C(NN1C(=O)/C(=C/c2ccc(-c3ccccc3C(=O)O)o2)SC1=S)c1ccc(Cl)cc1. The van der Waals surface area contributed by atoms with Gasteiger partial charge in [0.15, 0.2) is 4.32 Å². The predicted octanol–water partition coefficient (Wildman–Crippen LogP) is 4.84. The fraction of sp³-hybridized carbons (Fsp3) is 0. The quantitative estimate of drug-likeness (QED) is 0.394. The standard InChI is InChI=1S/C22H13ClN2O5S2/c23-13-7-5-12(6-8-13)19(26)24-25-20(27)18(32-22(25)31)11-14-9-10-17(30-14)15-3-1-2-4-16(15)21(28)29/h1-11H,(H,24,26)(H,28,29)/b18-11-. The third-order valence-corrected chi connectivity index (χ3v) is 5.99. The van der Waals surface area contributed by atoms with Crippen molar-refractivity contribution in [2.75, 3.05) is 0 Å². The van der Waals surface area contributed by atoms with Gasteiger partial charge >= 0.3 is 5.97 Å². The van der Waals surface area contributed by atoms with E-state index in [1.165, 1.54) is 24.3 Å². The van der Waals surface area contributed by atoms with Crippen molar-refractivity contribution in [3.8, 4) is 11.3 Å². The van der Waals surface area contributed by atoms with Gasteiger partial charge in [-0.25, -0.2) is 4.79 Å². The number of nitrogens with one attached hydrogen (secondary N) is 1. The summed E-state index contributed by atoms with van der Waals surface area (Å²) < 4.78 is 5.89. The number of nitrogens with zero attached hydrogens (tertiary/aromatic N) is 1. The van der Waals surface area contributed by atoms with Gasteiger partial charge in [0.1, 0.15) is 11.5 Å². The van der Waals surface area contributed by atoms with Crippen molar-refractivity contribution in [3.05, 3.63) is 87.5 Å². The number of aromatic carboxylic acids is 1.